The molecule has 92 valence electrons. The van der Waals surface area contributed by atoms with E-state index in [9.17, 15) is 4.79 Å². The van der Waals surface area contributed by atoms with Crippen LogP contribution in [0.25, 0.3) is 0 Å². The van der Waals surface area contributed by atoms with E-state index in [1.165, 1.54) is 7.11 Å². The van der Waals surface area contributed by atoms with Gasteiger partial charge in [0.05, 0.1) is 5.71 Å². The monoisotopic (exact) mass is 228 g/mol. The summed E-state index contributed by atoms with van der Waals surface area (Å²) in [6.45, 7) is 6.65. The molecule has 0 aromatic heterocycles. The van der Waals surface area contributed by atoms with Crippen LogP contribution in [-0.4, -0.2) is 47.5 Å². The molecule has 0 saturated carbocycles. The highest BCUT2D eigenvalue weighted by molar-refractivity contribution is 5.90. The third kappa shape index (κ3) is 2.52. The molecule has 5 heteroatoms. The standard InChI is InChI=1S/C11H20N2O3/c1-8-7-13(6-5-9(8)12-15)10(14)11(2,3)16-4/h8,15H,5-7H2,1-4H3. The van der Waals surface area contributed by atoms with Gasteiger partial charge in [-0.1, -0.05) is 12.1 Å². The summed E-state index contributed by atoms with van der Waals surface area (Å²) in [6.07, 6.45) is 0.628. The van der Waals surface area contributed by atoms with Gasteiger partial charge >= 0.3 is 0 Å². The lowest BCUT2D eigenvalue weighted by Gasteiger charge is -2.36. The molecule has 1 fully saturated rings. The van der Waals surface area contributed by atoms with Crippen molar-refractivity contribution in [3.05, 3.63) is 0 Å². The SMILES string of the molecule is COC(C)(C)C(=O)N1CCC(=NO)C(C)C1. The molecule has 0 spiro atoms. The zero-order valence-corrected chi connectivity index (χ0v) is 10.4. The Labute approximate surface area is 96.1 Å². The number of methoxy groups -OCH3 is 1. The first-order chi connectivity index (χ1) is 7.42. The van der Waals surface area contributed by atoms with E-state index in [0.717, 1.165) is 5.71 Å². The van der Waals surface area contributed by atoms with Crippen LogP contribution in [0, 0.1) is 5.92 Å². The van der Waals surface area contributed by atoms with Crippen molar-refractivity contribution in [2.45, 2.75) is 32.8 Å². The zero-order valence-electron chi connectivity index (χ0n) is 10.4. The van der Waals surface area contributed by atoms with Gasteiger partial charge in [-0.3, -0.25) is 4.79 Å². The third-order valence-corrected chi connectivity index (χ3v) is 3.14. The predicted molar refractivity (Wildman–Crippen MR) is 60.7 cm³/mol. The zero-order chi connectivity index (χ0) is 12.3. The summed E-state index contributed by atoms with van der Waals surface area (Å²) in [5.41, 5.74) is -0.0209. The number of likely N-dealkylation sites (tertiary alicyclic amines) is 1. The molecule has 5 nitrogen and oxygen atoms in total. The smallest absolute Gasteiger partial charge is 0.254 e. The number of carbonyl (C=O) groups excluding carboxylic acids is 1. The van der Waals surface area contributed by atoms with E-state index in [4.69, 9.17) is 9.94 Å². The Morgan fingerprint density at radius 1 is 1.62 bits per heavy atom. The second-order valence-electron chi connectivity index (χ2n) is 4.71. The summed E-state index contributed by atoms with van der Waals surface area (Å²) >= 11 is 0. The van der Waals surface area contributed by atoms with Crippen molar-refractivity contribution in [1.82, 2.24) is 4.90 Å². The van der Waals surface area contributed by atoms with Crippen molar-refractivity contribution in [3.8, 4) is 0 Å². The summed E-state index contributed by atoms with van der Waals surface area (Å²) < 4.78 is 5.17. The number of nitrogens with zero attached hydrogens (tertiary/aromatic N) is 2. The van der Waals surface area contributed by atoms with E-state index in [0.29, 0.717) is 19.5 Å². The van der Waals surface area contributed by atoms with Gasteiger partial charge in [-0.2, -0.15) is 0 Å². The van der Waals surface area contributed by atoms with E-state index >= 15 is 0 Å². The first-order valence-corrected chi connectivity index (χ1v) is 5.47. The van der Waals surface area contributed by atoms with Crippen molar-refractivity contribution in [2.75, 3.05) is 20.2 Å². The molecular weight excluding hydrogens is 208 g/mol. The van der Waals surface area contributed by atoms with Gasteiger partial charge < -0.3 is 14.8 Å². The largest absolute Gasteiger partial charge is 0.411 e. The highest BCUT2D eigenvalue weighted by atomic mass is 16.5. The Bertz CT molecular complexity index is 300. The first-order valence-electron chi connectivity index (χ1n) is 5.47. The van der Waals surface area contributed by atoms with Gasteiger partial charge in [0.2, 0.25) is 0 Å². The molecular formula is C11H20N2O3. The maximum absolute atomic E-state index is 12.1. The van der Waals surface area contributed by atoms with Gasteiger partial charge in [-0.15, -0.1) is 0 Å². The molecule has 1 aliphatic rings. The van der Waals surface area contributed by atoms with E-state index < -0.39 is 5.60 Å². The average molecular weight is 228 g/mol. The van der Waals surface area contributed by atoms with Gasteiger partial charge in [-0.05, 0) is 13.8 Å². The molecule has 0 aliphatic carbocycles. The molecule has 1 amide bonds. The molecule has 0 aromatic rings. The van der Waals surface area contributed by atoms with E-state index in [1.807, 2.05) is 6.92 Å². The Kier molecular flexibility index (Phi) is 3.91. The maximum atomic E-state index is 12.1. The molecule has 0 bridgehead atoms. The molecule has 1 saturated heterocycles. The topological polar surface area (TPSA) is 62.1 Å². The quantitative estimate of drug-likeness (QED) is 0.569. The van der Waals surface area contributed by atoms with Gasteiger partial charge in [-0.25, -0.2) is 0 Å². The fourth-order valence-corrected chi connectivity index (χ4v) is 1.82. The summed E-state index contributed by atoms with van der Waals surface area (Å²) in [6, 6.07) is 0. The Morgan fingerprint density at radius 2 is 2.25 bits per heavy atom. The first kappa shape index (κ1) is 13.0. The van der Waals surface area contributed by atoms with Crippen LogP contribution in [0.3, 0.4) is 0 Å². The highest BCUT2D eigenvalue weighted by Gasteiger charge is 2.35. The van der Waals surface area contributed by atoms with Crippen LogP contribution in [0.4, 0.5) is 0 Å². The van der Waals surface area contributed by atoms with Crippen LogP contribution in [0.5, 0.6) is 0 Å². The number of oxime groups is 1. The molecule has 0 radical (unpaired) electrons. The van der Waals surface area contributed by atoms with E-state index in [2.05, 4.69) is 5.16 Å². The van der Waals surface area contributed by atoms with Crippen molar-refractivity contribution in [2.24, 2.45) is 11.1 Å². The lowest BCUT2D eigenvalue weighted by Crippen LogP contribution is -2.51. The predicted octanol–water partition coefficient (Wildman–Crippen LogP) is 1.11. The van der Waals surface area contributed by atoms with Crippen LogP contribution in [0.2, 0.25) is 0 Å². The number of rotatable bonds is 2. The lowest BCUT2D eigenvalue weighted by molar-refractivity contribution is -0.151. The maximum Gasteiger partial charge on any atom is 0.254 e. The van der Waals surface area contributed by atoms with Gasteiger partial charge in [0.1, 0.15) is 5.60 Å². The fraction of sp³-hybridized carbons (Fsp3) is 0.818. The van der Waals surface area contributed by atoms with E-state index in [1.54, 1.807) is 18.7 Å². The molecule has 1 heterocycles. The lowest BCUT2D eigenvalue weighted by atomic mass is 9.96. The fourth-order valence-electron chi connectivity index (χ4n) is 1.82. The van der Waals surface area contributed by atoms with Crippen LogP contribution < -0.4 is 0 Å². The van der Waals surface area contributed by atoms with Crippen molar-refractivity contribution in [3.63, 3.8) is 0 Å². The molecule has 1 unspecified atom stereocenters. The normalized spacial score (nSPS) is 24.9. The number of hydrogen-bond donors (Lipinski definition) is 1. The minimum Gasteiger partial charge on any atom is -0.411 e. The Morgan fingerprint density at radius 3 is 2.69 bits per heavy atom. The molecule has 16 heavy (non-hydrogen) atoms. The third-order valence-electron chi connectivity index (χ3n) is 3.14. The minimum absolute atomic E-state index is 0.0150. The van der Waals surface area contributed by atoms with Gasteiger partial charge in [0.25, 0.3) is 5.91 Å². The molecule has 1 aliphatic heterocycles. The van der Waals surface area contributed by atoms with Gasteiger partial charge in [0.15, 0.2) is 0 Å². The molecule has 0 aromatic carbocycles. The number of hydrogen-bond acceptors (Lipinski definition) is 4. The van der Waals surface area contributed by atoms with Crippen LogP contribution >= 0.6 is 0 Å². The van der Waals surface area contributed by atoms with E-state index in [-0.39, 0.29) is 11.8 Å². The highest BCUT2D eigenvalue weighted by Crippen LogP contribution is 2.19. The number of carbonyl (C=O) groups is 1. The number of piperidine rings is 1. The van der Waals surface area contributed by atoms with Crippen molar-refractivity contribution >= 4 is 11.6 Å². The summed E-state index contributed by atoms with van der Waals surface area (Å²) in [4.78, 5) is 13.9. The average Bonchev–Trinajstić information content (AvgIpc) is 2.27. The summed E-state index contributed by atoms with van der Waals surface area (Å²) in [7, 11) is 1.53. The molecule has 1 N–H and O–H groups in total. The number of amides is 1. The summed E-state index contributed by atoms with van der Waals surface area (Å²) in [5, 5.41) is 12.0. The summed E-state index contributed by atoms with van der Waals surface area (Å²) in [5.74, 6) is 0.0918. The van der Waals surface area contributed by atoms with Gasteiger partial charge in [0, 0.05) is 32.5 Å². The Hall–Kier alpha value is -1.10. The second-order valence-corrected chi connectivity index (χ2v) is 4.71. The number of ether oxygens (including phenoxy) is 1. The molecule has 1 atom stereocenters. The van der Waals surface area contributed by atoms with Crippen LogP contribution in [0.15, 0.2) is 5.16 Å². The van der Waals surface area contributed by atoms with Crippen molar-refractivity contribution in [1.29, 1.82) is 0 Å². The van der Waals surface area contributed by atoms with Crippen LogP contribution in [-0.2, 0) is 9.53 Å². The Balaban J connectivity index is 2.69. The van der Waals surface area contributed by atoms with Crippen LogP contribution in [0.1, 0.15) is 27.2 Å². The minimum atomic E-state index is -0.784. The second kappa shape index (κ2) is 4.82. The van der Waals surface area contributed by atoms with Crippen molar-refractivity contribution < 1.29 is 14.7 Å². The molecule has 1 rings (SSSR count).